The predicted molar refractivity (Wildman–Crippen MR) is 150 cm³/mol. The molecule has 36 heavy (non-hydrogen) atoms. The van der Waals surface area contributed by atoms with Gasteiger partial charge in [-0.1, -0.05) is 41.4 Å². The molecular weight excluding hydrogens is 655 g/mol. The lowest BCUT2D eigenvalue weighted by atomic mass is 10.2. The molecule has 0 radical (unpaired) electrons. The van der Waals surface area contributed by atoms with Crippen LogP contribution in [-0.4, -0.2) is 28.5 Å². The zero-order valence-corrected chi connectivity index (χ0v) is 23.8. The van der Waals surface area contributed by atoms with Crippen molar-refractivity contribution in [3.8, 4) is 5.75 Å². The van der Waals surface area contributed by atoms with Crippen LogP contribution in [-0.2, 0) is 16.2 Å². The molecule has 1 N–H and O–H groups in total. The van der Waals surface area contributed by atoms with E-state index in [1.54, 1.807) is 54.6 Å². The number of halogens is 4. The Labute approximate surface area is 238 Å². The van der Waals surface area contributed by atoms with Crippen LogP contribution in [0.3, 0.4) is 0 Å². The van der Waals surface area contributed by atoms with Crippen molar-refractivity contribution >= 4 is 95.6 Å². The van der Waals surface area contributed by atoms with Crippen molar-refractivity contribution < 1.29 is 19.1 Å². The van der Waals surface area contributed by atoms with E-state index < -0.39 is 23.6 Å². The van der Waals surface area contributed by atoms with Gasteiger partial charge in [0.2, 0.25) is 5.91 Å². The Morgan fingerprint density at radius 3 is 2.36 bits per heavy atom. The lowest BCUT2D eigenvalue weighted by molar-refractivity contribution is -0.127. The third-order valence-electron chi connectivity index (χ3n) is 4.90. The number of thioether (sulfide) groups is 1. The molecule has 0 aliphatic carbocycles. The fraction of sp³-hybridized carbons (Fsp3) is 0.0800. The summed E-state index contributed by atoms with van der Waals surface area (Å²) in [6.45, 7) is -0.0662. The first-order chi connectivity index (χ1) is 17.2. The number of anilines is 1. The standard InChI is InChI=1S/C25H16Br2Cl2N2O4S/c26-19-8-15(9-20(27)23(19)35-13-14-4-6-16(28)7-5-14)10-21-24(33)31(25(34)36-21)12-22(32)30-18-3-1-2-17(29)11-18/h1-11H,12-13H2,(H,30,32)/b21-10+. The highest BCUT2D eigenvalue weighted by atomic mass is 79.9. The number of hydrogen-bond donors (Lipinski definition) is 1. The van der Waals surface area contributed by atoms with Gasteiger partial charge in [-0.2, -0.15) is 0 Å². The maximum Gasteiger partial charge on any atom is 0.294 e. The molecule has 1 aliphatic rings. The molecule has 3 aromatic rings. The molecule has 0 unspecified atom stereocenters. The number of hydrogen-bond acceptors (Lipinski definition) is 5. The number of nitrogens with one attached hydrogen (secondary N) is 1. The van der Waals surface area contributed by atoms with Crippen molar-refractivity contribution in [2.45, 2.75) is 6.61 Å². The fourth-order valence-electron chi connectivity index (χ4n) is 3.23. The van der Waals surface area contributed by atoms with Crippen molar-refractivity contribution in [2.75, 3.05) is 11.9 Å². The Morgan fingerprint density at radius 1 is 1.00 bits per heavy atom. The van der Waals surface area contributed by atoms with E-state index in [0.29, 0.717) is 42.6 Å². The van der Waals surface area contributed by atoms with Crippen molar-refractivity contribution in [3.63, 3.8) is 0 Å². The molecule has 184 valence electrons. The lowest BCUT2D eigenvalue weighted by Gasteiger charge is -2.13. The lowest BCUT2D eigenvalue weighted by Crippen LogP contribution is -2.36. The van der Waals surface area contributed by atoms with Gasteiger partial charge in [-0.25, -0.2) is 0 Å². The topological polar surface area (TPSA) is 75.7 Å². The van der Waals surface area contributed by atoms with E-state index in [1.807, 2.05) is 12.1 Å². The summed E-state index contributed by atoms with van der Waals surface area (Å²) in [5.41, 5.74) is 2.10. The number of amides is 3. The quantitative estimate of drug-likeness (QED) is 0.260. The summed E-state index contributed by atoms with van der Waals surface area (Å²) in [6, 6.07) is 17.5. The van der Waals surface area contributed by atoms with Gasteiger partial charge in [-0.3, -0.25) is 19.3 Å². The average Bonchev–Trinajstić information content (AvgIpc) is 3.07. The highest BCUT2D eigenvalue weighted by Gasteiger charge is 2.36. The summed E-state index contributed by atoms with van der Waals surface area (Å²) in [6.07, 6.45) is 1.60. The van der Waals surface area contributed by atoms with E-state index in [4.69, 9.17) is 27.9 Å². The third kappa shape index (κ3) is 6.72. The fourth-order valence-corrected chi connectivity index (χ4v) is 5.84. The number of rotatable bonds is 7. The third-order valence-corrected chi connectivity index (χ3v) is 7.47. The molecule has 1 heterocycles. The number of carbonyl (C=O) groups excluding carboxylic acids is 3. The molecule has 1 aliphatic heterocycles. The van der Waals surface area contributed by atoms with Gasteiger partial charge in [0, 0.05) is 15.7 Å². The Morgan fingerprint density at radius 2 is 1.69 bits per heavy atom. The molecule has 6 nitrogen and oxygen atoms in total. The van der Waals surface area contributed by atoms with Crippen LogP contribution in [0.5, 0.6) is 5.75 Å². The van der Waals surface area contributed by atoms with Gasteiger partial charge in [0.1, 0.15) is 18.9 Å². The Balaban J connectivity index is 1.43. The minimum atomic E-state index is -0.540. The predicted octanol–water partition coefficient (Wildman–Crippen LogP) is 7.77. The van der Waals surface area contributed by atoms with Gasteiger partial charge in [0.15, 0.2) is 0 Å². The molecule has 11 heteroatoms. The van der Waals surface area contributed by atoms with Crippen LogP contribution in [0.25, 0.3) is 6.08 Å². The number of nitrogens with zero attached hydrogens (tertiary/aromatic N) is 1. The van der Waals surface area contributed by atoms with Crippen molar-refractivity contribution in [3.05, 3.63) is 95.7 Å². The van der Waals surface area contributed by atoms with Crippen molar-refractivity contribution in [1.29, 1.82) is 0 Å². The Hall–Kier alpha value is -2.30. The Bertz CT molecular complexity index is 1360. The molecule has 3 amide bonds. The van der Waals surface area contributed by atoms with Gasteiger partial charge in [0.25, 0.3) is 11.1 Å². The van der Waals surface area contributed by atoms with Crippen molar-refractivity contribution in [2.24, 2.45) is 0 Å². The van der Waals surface area contributed by atoms with Gasteiger partial charge in [0.05, 0.1) is 13.9 Å². The van der Waals surface area contributed by atoms with E-state index >= 15 is 0 Å². The molecular formula is C25H16Br2Cl2N2O4S. The van der Waals surface area contributed by atoms with E-state index in [-0.39, 0.29) is 4.91 Å². The second-order valence-corrected chi connectivity index (χ2v) is 11.1. The number of imide groups is 1. The number of benzene rings is 3. The molecule has 1 saturated heterocycles. The SMILES string of the molecule is O=C(CN1C(=O)S/C(=C/c2cc(Br)c(OCc3ccc(Cl)cc3)c(Br)c2)C1=O)Nc1cccc(Cl)c1. The highest BCUT2D eigenvalue weighted by molar-refractivity contribution is 9.11. The zero-order chi connectivity index (χ0) is 25.8. The summed E-state index contributed by atoms with van der Waals surface area (Å²) < 4.78 is 7.26. The van der Waals surface area contributed by atoms with E-state index in [2.05, 4.69) is 37.2 Å². The molecule has 0 atom stereocenters. The van der Waals surface area contributed by atoms with Gasteiger partial charge < -0.3 is 10.1 Å². The molecule has 4 rings (SSSR count). The van der Waals surface area contributed by atoms with Gasteiger partial charge >= 0.3 is 0 Å². The zero-order valence-electron chi connectivity index (χ0n) is 18.3. The van der Waals surface area contributed by atoms with Crippen LogP contribution >= 0.6 is 66.8 Å². The molecule has 0 bridgehead atoms. The second-order valence-electron chi connectivity index (χ2n) is 7.56. The van der Waals surface area contributed by atoms with Crippen LogP contribution < -0.4 is 10.1 Å². The highest BCUT2D eigenvalue weighted by Crippen LogP contribution is 2.38. The average molecular weight is 671 g/mol. The summed E-state index contributed by atoms with van der Waals surface area (Å²) in [5.74, 6) is -0.456. The molecule has 0 spiro atoms. The van der Waals surface area contributed by atoms with Crippen molar-refractivity contribution in [1.82, 2.24) is 4.90 Å². The number of ether oxygens (including phenoxy) is 1. The van der Waals surface area contributed by atoms with Crippen LogP contribution in [0.4, 0.5) is 10.5 Å². The summed E-state index contributed by atoms with van der Waals surface area (Å²) >= 11 is 19.6. The second kappa shape index (κ2) is 11.8. The van der Waals surface area contributed by atoms with E-state index in [0.717, 1.165) is 22.2 Å². The molecule has 3 aromatic carbocycles. The maximum atomic E-state index is 12.8. The van der Waals surface area contributed by atoms with Gasteiger partial charge in [-0.05, 0) is 103 Å². The largest absolute Gasteiger partial charge is 0.487 e. The normalized spacial score (nSPS) is 14.4. The minimum Gasteiger partial charge on any atom is -0.487 e. The summed E-state index contributed by atoms with van der Waals surface area (Å²) in [4.78, 5) is 38.8. The summed E-state index contributed by atoms with van der Waals surface area (Å²) in [5, 5.41) is 3.22. The molecule has 1 fully saturated rings. The van der Waals surface area contributed by atoms with E-state index in [1.165, 1.54) is 0 Å². The monoisotopic (exact) mass is 668 g/mol. The van der Waals surface area contributed by atoms with Crippen LogP contribution in [0.15, 0.2) is 74.5 Å². The smallest absolute Gasteiger partial charge is 0.294 e. The van der Waals surface area contributed by atoms with Crippen LogP contribution in [0.1, 0.15) is 11.1 Å². The maximum absolute atomic E-state index is 12.8. The first-order valence-electron chi connectivity index (χ1n) is 10.4. The van der Waals surface area contributed by atoms with Crippen LogP contribution in [0, 0.1) is 0 Å². The van der Waals surface area contributed by atoms with Gasteiger partial charge in [-0.15, -0.1) is 0 Å². The van der Waals surface area contributed by atoms with E-state index in [9.17, 15) is 14.4 Å². The molecule has 0 aromatic heterocycles. The Kier molecular flexibility index (Phi) is 8.79. The summed E-state index contributed by atoms with van der Waals surface area (Å²) in [7, 11) is 0. The first kappa shape index (κ1) is 26.8. The van der Waals surface area contributed by atoms with Crippen LogP contribution in [0.2, 0.25) is 10.0 Å². The first-order valence-corrected chi connectivity index (χ1v) is 13.5. The molecule has 0 saturated carbocycles. The number of carbonyl (C=O) groups is 3. The minimum absolute atomic E-state index is 0.212.